The van der Waals surface area contributed by atoms with E-state index in [1.54, 1.807) is 12.4 Å². The van der Waals surface area contributed by atoms with Gasteiger partial charge in [-0.05, 0) is 30.7 Å². The molecule has 3 aromatic heterocycles. The largest absolute Gasteiger partial charge is 0.294 e. The molecule has 0 saturated heterocycles. The number of hydrogen-bond donors (Lipinski definition) is 1. The average Bonchev–Trinajstić information content (AvgIpc) is 2.91. The van der Waals surface area contributed by atoms with Gasteiger partial charge in [0.25, 0.3) is 5.56 Å². The highest BCUT2D eigenvalue weighted by Crippen LogP contribution is 2.14. The van der Waals surface area contributed by atoms with E-state index in [1.165, 1.54) is 37.1 Å². The third-order valence-electron chi connectivity index (χ3n) is 4.03. The van der Waals surface area contributed by atoms with Gasteiger partial charge in [-0.25, -0.2) is 22.4 Å². The van der Waals surface area contributed by atoms with Crippen molar-refractivity contribution < 1.29 is 8.42 Å². The van der Waals surface area contributed by atoms with Crippen molar-refractivity contribution in [2.45, 2.75) is 18.2 Å². The molecule has 0 aliphatic rings. The van der Waals surface area contributed by atoms with Gasteiger partial charge in [-0.3, -0.25) is 14.9 Å². The molecule has 9 heteroatoms. The molecule has 0 amide bonds. The van der Waals surface area contributed by atoms with Gasteiger partial charge in [0.15, 0.2) is 5.82 Å². The smallest absolute Gasteiger partial charge is 0.276 e. The van der Waals surface area contributed by atoms with Gasteiger partial charge < -0.3 is 0 Å². The summed E-state index contributed by atoms with van der Waals surface area (Å²) in [4.78, 5) is 21.0. The van der Waals surface area contributed by atoms with E-state index < -0.39 is 10.0 Å². The minimum atomic E-state index is -3.56. The molecule has 136 valence electrons. The predicted octanol–water partition coefficient (Wildman–Crippen LogP) is 1.11. The Balaban J connectivity index is 1.96. The van der Waals surface area contributed by atoms with E-state index >= 15 is 0 Å². The summed E-state index contributed by atoms with van der Waals surface area (Å²) >= 11 is 0. The summed E-state index contributed by atoms with van der Waals surface area (Å²) < 4.78 is 26.6. The second kappa shape index (κ2) is 6.85. The lowest BCUT2D eigenvalue weighted by Crippen LogP contribution is -2.23. The molecule has 0 spiro atoms. The highest BCUT2D eigenvalue weighted by atomic mass is 32.2. The summed E-state index contributed by atoms with van der Waals surface area (Å²) in [6.07, 6.45) is 5.09. The Morgan fingerprint density at radius 1 is 1.19 bits per heavy atom. The molecule has 8 nitrogen and oxygen atoms in total. The van der Waals surface area contributed by atoms with Crippen LogP contribution in [0.2, 0.25) is 0 Å². The fourth-order valence-electron chi connectivity index (χ4n) is 2.53. The van der Waals surface area contributed by atoms with Crippen molar-refractivity contribution >= 4 is 10.0 Å². The lowest BCUT2D eigenvalue weighted by atomic mass is 10.1. The predicted molar refractivity (Wildman–Crippen MR) is 96.8 cm³/mol. The average molecular weight is 373 g/mol. The van der Waals surface area contributed by atoms with Crippen molar-refractivity contribution in [3.63, 3.8) is 0 Å². The zero-order chi connectivity index (χ0) is 18.9. The van der Waals surface area contributed by atoms with E-state index in [-0.39, 0.29) is 10.5 Å². The van der Waals surface area contributed by atoms with Gasteiger partial charge in [0.05, 0.1) is 0 Å². The second-order valence-electron chi connectivity index (χ2n) is 6.03. The zero-order valence-corrected chi connectivity index (χ0v) is 15.5. The summed E-state index contributed by atoms with van der Waals surface area (Å²) in [5.41, 5.74) is 2.05. The Kier molecular flexibility index (Phi) is 4.75. The maximum Gasteiger partial charge on any atom is 0.276 e. The van der Waals surface area contributed by atoms with Crippen LogP contribution in [0.5, 0.6) is 0 Å². The van der Waals surface area contributed by atoms with Gasteiger partial charge in [-0.1, -0.05) is 6.07 Å². The first-order valence-electron chi connectivity index (χ1n) is 7.89. The van der Waals surface area contributed by atoms with Gasteiger partial charge in [0.2, 0.25) is 10.0 Å². The highest BCUT2D eigenvalue weighted by Gasteiger charge is 2.19. The van der Waals surface area contributed by atoms with Crippen molar-refractivity contribution in [1.29, 1.82) is 0 Å². The SMILES string of the molecule is Cc1[nH]n(-c2ccc(S(=O)(=O)N(C)C)cn2)c(=O)c1Cc1cccnc1. The number of rotatable bonds is 5. The third kappa shape index (κ3) is 3.31. The van der Waals surface area contributed by atoms with Gasteiger partial charge in [0.1, 0.15) is 4.90 Å². The zero-order valence-electron chi connectivity index (χ0n) is 14.7. The number of aromatic amines is 1. The minimum absolute atomic E-state index is 0.0677. The van der Waals surface area contributed by atoms with E-state index in [2.05, 4.69) is 15.1 Å². The summed E-state index contributed by atoms with van der Waals surface area (Å²) in [5.74, 6) is 0.327. The van der Waals surface area contributed by atoms with E-state index in [0.29, 0.717) is 17.8 Å². The number of H-pyrrole nitrogens is 1. The summed E-state index contributed by atoms with van der Waals surface area (Å²) in [6, 6.07) is 6.66. The fourth-order valence-corrected chi connectivity index (χ4v) is 3.37. The molecule has 0 saturated carbocycles. The van der Waals surface area contributed by atoms with Crippen LogP contribution in [0.25, 0.3) is 5.82 Å². The second-order valence-corrected chi connectivity index (χ2v) is 8.19. The maximum absolute atomic E-state index is 12.7. The van der Waals surface area contributed by atoms with Crippen molar-refractivity contribution in [2.75, 3.05) is 14.1 Å². The van der Waals surface area contributed by atoms with Crippen LogP contribution in [0.1, 0.15) is 16.8 Å². The number of sulfonamides is 1. The van der Waals surface area contributed by atoms with Crippen LogP contribution in [-0.2, 0) is 16.4 Å². The summed E-state index contributed by atoms with van der Waals surface area (Å²) in [6.45, 7) is 1.81. The standard InChI is InChI=1S/C17H19N5O3S/c1-12-15(9-13-5-4-8-18-10-13)17(23)22(20-12)16-7-6-14(11-19-16)26(24,25)21(2)3/h4-8,10-11,20H,9H2,1-3H3. The Bertz CT molecular complexity index is 1070. The van der Waals surface area contributed by atoms with Crippen LogP contribution in [0.4, 0.5) is 0 Å². The van der Waals surface area contributed by atoms with Gasteiger partial charge >= 0.3 is 0 Å². The number of pyridine rings is 2. The topological polar surface area (TPSA) is 101 Å². The van der Waals surface area contributed by atoms with Crippen molar-refractivity contribution in [3.05, 3.63) is 70.0 Å². The Morgan fingerprint density at radius 2 is 1.96 bits per heavy atom. The molecular formula is C17H19N5O3S. The van der Waals surface area contributed by atoms with Crippen LogP contribution in [-0.4, -0.2) is 46.6 Å². The van der Waals surface area contributed by atoms with Gasteiger partial charge in [-0.15, -0.1) is 0 Å². The maximum atomic E-state index is 12.7. The highest BCUT2D eigenvalue weighted by molar-refractivity contribution is 7.89. The Labute approximate surface area is 151 Å². The van der Waals surface area contributed by atoms with Crippen LogP contribution >= 0.6 is 0 Å². The van der Waals surface area contributed by atoms with Crippen LogP contribution in [0.3, 0.4) is 0 Å². The quantitative estimate of drug-likeness (QED) is 0.722. The molecule has 0 fully saturated rings. The van der Waals surface area contributed by atoms with Crippen molar-refractivity contribution in [2.24, 2.45) is 0 Å². The molecule has 26 heavy (non-hydrogen) atoms. The molecule has 0 aliphatic heterocycles. The summed E-state index contributed by atoms with van der Waals surface area (Å²) in [7, 11) is -0.661. The minimum Gasteiger partial charge on any atom is -0.294 e. The van der Waals surface area contributed by atoms with E-state index in [0.717, 1.165) is 15.6 Å². The number of nitrogens with zero attached hydrogens (tertiary/aromatic N) is 4. The lowest BCUT2D eigenvalue weighted by molar-refractivity contribution is 0.520. The lowest BCUT2D eigenvalue weighted by Gasteiger charge is -2.11. The van der Waals surface area contributed by atoms with Crippen LogP contribution in [0.15, 0.2) is 52.5 Å². The number of aromatic nitrogens is 4. The van der Waals surface area contributed by atoms with Crippen LogP contribution < -0.4 is 5.56 Å². The van der Waals surface area contributed by atoms with E-state index in [9.17, 15) is 13.2 Å². The first-order valence-corrected chi connectivity index (χ1v) is 9.33. The molecule has 3 aromatic rings. The normalized spacial score (nSPS) is 11.8. The molecule has 3 heterocycles. The monoisotopic (exact) mass is 373 g/mol. The van der Waals surface area contributed by atoms with Gasteiger partial charge in [0, 0.05) is 50.4 Å². The Hall–Kier alpha value is -2.78. The number of hydrogen-bond acceptors (Lipinski definition) is 5. The molecule has 0 radical (unpaired) electrons. The first kappa shape index (κ1) is 18.0. The van der Waals surface area contributed by atoms with Crippen molar-refractivity contribution in [1.82, 2.24) is 24.1 Å². The van der Waals surface area contributed by atoms with Crippen LogP contribution in [0, 0.1) is 6.92 Å². The van der Waals surface area contributed by atoms with E-state index in [1.807, 2.05) is 19.1 Å². The van der Waals surface area contributed by atoms with Crippen molar-refractivity contribution in [3.8, 4) is 5.82 Å². The molecule has 0 unspecified atom stereocenters. The molecule has 0 bridgehead atoms. The fraction of sp³-hybridized carbons (Fsp3) is 0.235. The first-order chi connectivity index (χ1) is 12.3. The summed E-state index contributed by atoms with van der Waals surface area (Å²) in [5, 5.41) is 2.99. The number of aryl methyl sites for hydroxylation is 1. The molecule has 1 N–H and O–H groups in total. The third-order valence-corrected chi connectivity index (χ3v) is 5.82. The van der Waals surface area contributed by atoms with Gasteiger partial charge in [-0.2, -0.15) is 0 Å². The Morgan fingerprint density at radius 3 is 2.54 bits per heavy atom. The molecular weight excluding hydrogens is 354 g/mol. The number of nitrogens with one attached hydrogen (secondary N) is 1. The molecule has 0 aliphatic carbocycles. The van der Waals surface area contributed by atoms with E-state index in [4.69, 9.17) is 0 Å². The molecule has 3 rings (SSSR count). The molecule has 0 atom stereocenters. The molecule has 0 aromatic carbocycles.